The lowest BCUT2D eigenvalue weighted by molar-refractivity contribution is -0.144. The fraction of sp³-hybridized carbons (Fsp3) is 0.400. The Bertz CT molecular complexity index is 806. The second-order valence-corrected chi connectivity index (χ2v) is 6.92. The SMILES string of the molecule is O=C(O)C1CCC(C(=O)N2CCc3ccc4ccccc4c32)CC1. The van der Waals surface area contributed by atoms with Crippen LogP contribution in [0.5, 0.6) is 0 Å². The molecule has 124 valence electrons. The fourth-order valence-electron chi connectivity index (χ4n) is 4.19. The Morgan fingerprint density at radius 2 is 1.67 bits per heavy atom. The number of carboxylic acid groups (broad SMARTS) is 1. The number of hydrogen-bond acceptors (Lipinski definition) is 2. The average Bonchev–Trinajstić information content (AvgIpc) is 3.05. The predicted molar refractivity (Wildman–Crippen MR) is 93.1 cm³/mol. The van der Waals surface area contributed by atoms with Gasteiger partial charge in [0.25, 0.3) is 0 Å². The van der Waals surface area contributed by atoms with E-state index in [4.69, 9.17) is 5.11 Å². The minimum absolute atomic E-state index is 0.0366. The summed E-state index contributed by atoms with van der Waals surface area (Å²) in [5.74, 6) is -0.862. The molecule has 0 spiro atoms. The number of carbonyl (C=O) groups is 2. The van der Waals surface area contributed by atoms with Crippen molar-refractivity contribution in [3.05, 3.63) is 42.0 Å². The lowest BCUT2D eigenvalue weighted by atomic mass is 9.81. The van der Waals surface area contributed by atoms with Crippen LogP contribution < -0.4 is 4.90 Å². The van der Waals surface area contributed by atoms with E-state index < -0.39 is 5.97 Å². The summed E-state index contributed by atoms with van der Waals surface area (Å²) in [6.45, 7) is 0.737. The first kappa shape index (κ1) is 15.2. The predicted octanol–water partition coefficient (Wildman–Crippen LogP) is 3.62. The van der Waals surface area contributed by atoms with Gasteiger partial charge in [-0.05, 0) is 43.1 Å². The Kier molecular flexibility index (Phi) is 3.75. The van der Waals surface area contributed by atoms with E-state index in [-0.39, 0.29) is 17.7 Å². The van der Waals surface area contributed by atoms with Gasteiger partial charge in [-0.3, -0.25) is 9.59 Å². The molecular formula is C20H21NO3. The van der Waals surface area contributed by atoms with Crippen molar-refractivity contribution in [2.45, 2.75) is 32.1 Å². The molecular weight excluding hydrogens is 302 g/mol. The maximum atomic E-state index is 13.1. The highest BCUT2D eigenvalue weighted by Gasteiger charge is 2.35. The molecule has 0 saturated heterocycles. The lowest BCUT2D eigenvalue weighted by Gasteiger charge is -2.29. The third kappa shape index (κ3) is 2.46. The number of benzene rings is 2. The standard InChI is InChI=1S/C20H21NO3/c22-19(15-7-9-16(10-8-15)20(23)24)21-12-11-14-6-5-13-3-1-2-4-17(13)18(14)21/h1-6,15-16H,7-12H2,(H,23,24). The Morgan fingerprint density at radius 1 is 0.958 bits per heavy atom. The maximum Gasteiger partial charge on any atom is 0.306 e. The number of carboxylic acids is 1. The summed E-state index contributed by atoms with van der Waals surface area (Å²) in [5.41, 5.74) is 2.31. The molecule has 1 N–H and O–H groups in total. The molecule has 0 bridgehead atoms. The lowest BCUT2D eigenvalue weighted by Crippen LogP contribution is -2.37. The molecule has 0 aromatic heterocycles. The number of hydrogen-bond donors (Lipinski definition) is 1. The first-order valence-electron chi connectivity index (χ1n) is 8.70. The molecule has 1 heterocycles. The van der Waals surface area contributed by atoms with Crippen molar-refractivity contribution < 1.29 is 14.7 Å². The van der Waals surface area contributed by atoms with E-state index in [1.54, 1.807) is 0 Å². The van der Waals surface area contributed by atoms with Crippen molar-refractivity contribution in [2.24, 2.45) is 11.8 Å². The number of rotatable bonds is 2. The molecule has 0 radical (unpaired) electrons. The summed E-state index contributed by atoms with van der Waals surface area (Å²) in [4.78, 5) is 26.1. The first-order chi connectivity index (χ1) is 11.6. The van der Waals surface area contributed by atoms with Crippen molar-refractivity contribution in [3.63, 3.8) is 0 Å². The van der Waals surface area contributed by atoms with Crippen LogP contribution in [0.2, 0.25) is 0 Å². The third-order valence-electron chi connectivity index (χ3n) is 5.55. The summed E-state index contributed by atoms with van der Waals surface area (Å²) < 4.78 is 0. The summed E-state index contributed by atoms with van der Waals surface area (Å²) in [6.07, 6.45) is 3.50. The maximum absolute atomic E-state index is 13.1. The Balaban J connectivity index is 1.60. The molecule has 2 aliphatic rings. The second-order valence-electron chi connectivity index (χ2n) is 6.92. The van der Waals surface area contributed by atoms with E-state index in [0.29, 0.717) is 25.7 Å². The molecule has 1 saturated carbocycles. The van der Waals surface area contributed by atoms with Crippen molar-refractivity contribution >= 4 is 28.3 Å². The highest BCUT2D eigenvalue weighted by atomic mass is 16.4. The summed E-state index contributed by atoms with van der Waals surface area (Å²) in [5, 5.41) is 11.4. The van der Waals surface area contributed by atoms with Gasteiger partial charge in [0, 0.05) is 17.8 Å². The molecule has 1 aliphatic heterocycles. The van der Waals surface area contributed by atoms with Gasteiger partial charge in [-0.25, -0.2) is 0 Å². The van der Waals surface area contributed by atoms with Gasteiger partial charge in [-0.15, -0.1) is 0 Å². The zero-order valence-electron chi connectivity index (χ0n) is 13.6. The van der Waals surface area contributed by atoms with Gasteiger partial charge in [0.15, 0.2) is 0 Å². The van der Waals surface area contributed by atoms with E-state index in [1.165, 1.54) is 5.56 Å². The normalized spacial score (nSPS) is 23.2. The third-order valence-corrected chi connectivity index (χ3v) is 5.55. The Hall–Kier alpha value is -2.36. The molecule has 0 atom stereocenters. The molecule has 2 aromatic rings. The van der Waals surface area contributed by atoms with Gasteiger partial charge >= 0.3 is 5.97 Å². The highest BCUT2D eigenvalue weighted by molar-refractivity contribution is 6.07. The second kappa shape index (κ2) is 5.93. The fourth-order valence-corrected chi connectivity index (χ4v) is 4.19. The Labute approximate surface area is 141 Å². The van der Waals surface area contributed by atoms with Crippen LogP contribution in [0.1, 0.15) is 31.2 Å². The molecule has 4 rings (SSSR count). The quantitative estimate of drug-likeness (QED) is 0.918. The van der Waals surface area contributed by atoms with Crippen LogP contribution in [-0.4, -0.2) is 23.5 Å². The van der Waals surface area contributed by atoms with Crippen molar-refractivity contribution in [3.8, 4) is 0 Å². The Morgan fingerprint density at radius 3 is 2.42 bits per heavy atom. The van der Waals surface area contributed by atoms with Crippen molar-refractivity contribution in [1.82, 2.24) is 0 Å². The van der Waals surface area contributed by atoms with Gasteiger partial charge in [0.05, 0.1) is 11.6 Å². The zero-order valence-corrected chi connectivity index (χ0v) is 13.6. The van der Waals surface area contributed by atoms with Crippen molar-refractivity contribution in [1.29, 1.82) is 0 Å². The summed E-state index contributed by atoms with van der Waals surface area (Å²) >= 11 is 0. The molecule has 1 amide bonds. The highest BCUT2D eigenvalue weighted by Crippen LogP contribution is 2.38. The molecule has 1 aliphatic carbocycles. The minimum atomic E-state index is -0.724. The van der Waals surface area contributed by atoms with E-state index >= 15 is 0 Å². The number of fused-ring (bicyclic) bond motifs is 3. The number of aliphatic carboxylic acids is 1. The summed E-state index contributed by atoms with van der Waals surface area (Å²) in [6, 6.07) is 12.5. The summed E-state index contributed by atoms with van der Waals surface area (Å²) in [7, 11) is 0. The molecule has 1 fully saturated rings. The van der Waals surface area contributed by atoms with Gasteiger partial charge in [0.1, 0.15) is 0 Å². The molecule has 4 heteroatoms. The zero-order chi connectivity index (χ0) is 16.7. The molecule has 0 unspecified atom stereocenters. The van der Waals surface area contributed by atoms with Gasteiger partial charge in [0.2, 0.25) is 5.91 Å². The molecule has 4 nitrogen and oxygen atoms in total. The number of nitrogens with zero attached hydrogens (tertiary/aromatic N) is 1. The monoisotopic (exact) mass is 323 g/mol. The first-order valence-corrected chi connectivity index (χ1v) is 8.70. The van der Waals surface area contributed by atoms with E-state index in [2.05, 4.69) is 24.3 Å². The molecule has 2 aromatic carbocycles. The van der Waals surface area contributed by atoms with Gasteiger partial charge < -0.3 is 10.0 Å². The largest absolute Gasteiger partial charge is 0.481 e. The van der Waals surface area contributed by atoms with Crippen molar-refractivity contribution in [2.75, 3.05) is 11.4 Å². The van der Waals surface area contributed by atoms with E-state index in [9.17, 15) is 9.59 Å². The van der Waals surface area contributed by atoms with E-state index in [1.807, 2.05) is 17.0 Å². The van der Waals surface area contributed by atoms with Crippen LogP contribution in [0.3, 0.4) is 0 Å². The van der Waals surface area contributed by atoms with Crippen LogP contribution in [0.4, 0.5) is 5.69 Å². The van der Waals surface area contributed by atoms with Crippen LogP contribution in [0.15, 0.2) is 36.4 Å². The smallest absolute Gasteiger partial charge is 0.306 e. The number of anilines is 1. The number of amides is 1. The minimum Gasteiger partial charge on any atom is -0.481 e. The van der Waals surface area contributed by atoms with Crippen LogP contribution in [-0.2, 0) is 16.0 Å². The topological polar surface area (TPSA) is 57.6 Å². The van der Waals surface area contributed by atoms with Gasteiger partial charge in [-0.1, -0.05) is 36.4 Å². The van der Waals surface area contributed by atoms with E-state index in [0.717, 1.165) is 29.4 Å². The number of carbonyl (C=O) groups excluding carboxylic acids is 1. The average molecular weight is 323 g/mol. The molecule has 24 heavy (non-hydrogen) atoms. The van der Waals surface area contributed by atoms with Crippen LogP contribution in [0, 0.1) is 11.8 Å². The van der Waals surface area contributed by atoms with Gasteiger partial charge in [-0.2, -0.15) is 0 Å². The van der Waals surface area contributed by atoms with Crippen LogP contribution >= 0.6 is 0 Å². The van der Waals surface area contributed by atoms with Crippen LogP contribution in [0.25, 0.3) is 10.8 Å².